The number of rotatable bonds is 6. The summed E-state index contributed by atoms with van der Waals surface area (Å²) in [5.74, 6) is -0.171. The van der Waals surface area contributed by atoms with E-state index in [4.69, 9.17) is 5.73 Å². The monoisotopic (exact) mass is 270 g/mol. The minimum absolute atomic E-state index is 0.210. The highest BCUT2D eigenvalue weighted by atomic mass is 16.3. The van der Waals surface area contributed by atoms with E-state index >= 15 is 0 Å². The summed E-state index contributed by atoms with van der Waals surface area (Å²) in [6, 6.07) is 16.2. The largest absolute Gasteiger partial charge is 0.508 e. The molecule has 1 atom stereocenters. The van der Waals surface area contributed by atoms with Crippen LogP contribution in [0.25, 0.3) is 0 Å². The third-order valence-corrected chi connectivity index (χ3v) is 3.12. The van der Waals surface area contributed by atoms with Gasteiger partial charge in [0.05, 0.1) is 6.04 Å². The first-order valence-electron chi connectivity index (χ1n) is 6.49. The molecule has 4 heteroatoms. The van der Waals surface area contributed by atoms with Gasteiger partial charge in [0.1, 0.15) is 5.75 Å². The van der Waals surface area contributed by atoms with Gasteiger partial charge in [-0.25, -0.2) is 0 Å². The molecule has 104 valence electrons. The summed E-state index contributed by atoms with van der Waals surface area (Å²) in [7, 11) is 0. The van der Waals surface area contributed by atoms with Gasteiger partial charge in [-0.2, -0.15) is 0 Å². The van der Waals surface area contributed by atoms with Gasteiger partial charge < -0.3 is 16.2 Å². The lowest BCUT2D eigenvalue weighted by Crippen LogP contribution is -2.42. The zero-order valence-electron chi connectivity index (χ0n) is 11.1. The van der Waals surface area contributed by atoms with E-state index in [0.29, 0.717) is 13.0 Å². The maximum absolute atomic E-state index is 11.5. The fourth-order valence-electron chi connectivity index (χ4n) is 1.98. The predicted molar refractivity (Wildman–Crippen MR) is 78.1 cm³/mol. The second-order valence-electron chi connectivity index (χ2n) is 4.69. The van der Waals surface area contributed by atoms with Gasteiger partial charge in [-0.05, 0) is 29.7 Å². The second kappa shape index (κ2) is 6.73. The summed E-state index contributed by atoms with van der Waals surface area (Å²) in [5, 5.41) is 12.4. The Morgan fingerprint density at radius 3 is 2.30 bits per heavy atom. The molecular weight excluding hydrogens is 252 g/mol. The van der Waals surface area contributed by atoms with E-state index in [1.165, 1.54) is 0 Å². The van der Waals surface area contributed by atoms with Gasteiger partial charge in [0, 0.05) is 6.54 Å². The van der Waals surface area contributed by atoms with Crippen molar-refractivity contribution in [3.63, 3.8) is 0 Å². The molecule has 2 aromatic carbocycles. The number of aromatic hydroxyl groups is 1. The number of amides is 1. The maximum atomic E-state index is 11.5. The van der Waals surface area contributed by atoms with Gasteiger partial charge in [0.25, 0.3) is 0 Å². The molecule has 0 bridgehead atoms. The predicted octanol–water partition coefficient (Wildman–Crippen LogP) is 1.58. The van der Waals surface area contributed by atoms with Crippen LogP contribution in [0.15, 0.2) is 54.6 Å². The lowest BCUT2D eigenvalue weighted by atomic mass is 10.0. The van der Waals surface area contributed by atoms with Gasteiger partial charge in [0.2, 0.25) is 5.91 Å². The maximum Gasteiger partial charge on any atom is 0.234 e. The first-order valence-corrected chi connectivity index (χ1v) is 6.49. The molecule has 1 amide bonds. The zero-order chi connectivity index (χ0) is 14.4. The van der Waals surface area contributed by atoms with Crippen LogP contribution in [0, 0.1) is 0 Å². The first-order chi connectivity index (χ1) is 9.65. The van der Waals surface area contributed by atoms with Gasteiger partial charge in [-0.1, -0.05) is 42.5 Å². The third-order valence-electron chi connectivity index (χ3n) is 3.12. The second-order valence-corrected chi connectivity index (χ2v) is 4.69. The quantitative estimate of drug-likeness (QED) is 0.746. The van der Waals surface area contributed by atoms with Crippen molar-refractivity contribution in [3.05, 3.63) is 65.7 Å². The minimum atomic E-state index is -0.431. The highest BCUT2D eigenvalue weighted by Gasteiger charge is 2.15. The van der Waals surface area contributed by atoms with E-state index in [9.17, 15) is 9.90 Å². The van der Waals surface area contributed by atoms with E-state index in [0.717, 1.165) is 11.1 Å². The van der Waals surface area contributed by atoms with E-state index in [-0.39, 0.29) is 11.7 Å². The van der Waals surface area contributed by atoms with Gasteiger partial charge in [0.15, 0.2) is 0 Å². The Bertz CT molecular complexity index is 552. The number of hydrogen-bond acceptors (Lipinski definition) is 3. The summed E-state index contributed by atoms with van der Waals surface area (Å²) in [6.07, 6.45) is 0.502. The Morgan fingerprint density at radius 1 is 1.05 bits per heavy atom. The number of nitrogens with one attached hydrogen (secondary N) is 1. The van der Waals surface area contributed by atoms with Crippen molar-refractivity contribution in [2.24, 2.45) is 5.73 Å². The molecule has 2 rings (SSSR count). The van der Waals surface area contributed by atoms with Crippen LogP contribution in [0.3, 0.4) is 0 Å². The van der Waals surface area contributed by atoms with Crippen molar-refractivity contribution in [1.29, 1.82) is 0 Å². The van der Waals surface area contributed by atoms with Gasteiger partial charge in [-0.3, -0.25) is 4.79 Å². The smallest absolute Gasteiger partial charge is 0.234 e. The van der Waals surface area contributed by atoms with Crippen molar-refractivity contribution >= 4 is 5.91 Å². The van der Waals surface area contributed by atoms with E-state index in [2.05, 4.69) is 5.32 Å². The van der Waals surface area contributed by atoms with Crippen molar-refractivity contribution < 1.29 is 9.90 Å². The molecule has 0 saturated heterocycles. The molecule has 0 aromatic heterocycles. The lowest BCUT2D eigenvalue weighted by Gasteiger charge is -2.15. The Labute approximate surface area is 118 Å². The number of primary amides is 1. The normalized spacial score (nSPS) is 12.0. The summed E-state index contributed by atoms with van der Waals surface area (Å²) in [4.78, 5) is 11.5. The topological polar surface area (TPSA) is 75.4 Å². The molecule has 0 aliphatic carbocycles. The Kier molecular flexibility index (Phi) is 4.74. The lowest BCUT2D eigenvalue weighted by molar-refractivity contribution is -0.120. The molecule has 0 saturated carbocycles. The Balaban J connectivity index is 1.97. The van der Waals surface area contributed by atoms with Crippen molar-refractivity contribution in [2.75, 3.05) is 0 Å². The number of hydrogen-bond donors (Lipinski definition) is 3. The Hall–Kier alpha value is -2.33. The average Bonchev–Trinajstić information content (AvgIpc) is 2.46. The zero-order valence-corrected chi connectivity index (χ0v) is 11.1. The molecule has 2 aromatic rings. The van der Waals surface area contributed by atoms with Crippen LogP contribution < -0.4 is 11.1 Å². The number of carbonyl (C=O) groups excluding carboxylic acids is 1. The summed E-state index contributed by atoms with van der Waals surface area (Å²) in [6.45, 7) is 0.590. The highest BCUT2D eigenvalue weighted by molar-refractivity contribution is 5.80. The summed E-state index contributed by atoms with van der Waals surface area (Å²) >= 11 is 0. The fourth-order valence-corrected chi connectivity index (χ4v) is 1.98. The van der Waals surface area contributed by atoms with Crippen molar-refractivity contribution in [1.82, 2.24) is 5.32 Å². The summed E-state index contributed by atoms with van der Waals surface area (Å²) in [5.41, 5.74) is 7.48. The van der Waals surface area contributed by atoms with Crippen LogP contribution in [-0.2, 0) is 17.8 Å². The molecule has 0 radical (unpaired) electrons. The molecule has 0 aliphatic rings. The Morgan fingerprint density at radius 2 is 1.70 bits per heavy atom. The standard InChI is InChI=1S/C16H18N2O2/c17-16(20)15(10-12-6-8-14(19)9-7-12)18-11-13-4-2-1-3-5-13/h1-9,15,18-19H,10-11H2,(H2,17,20)/t15-/m0/s1. The van der Waals surface area contributed by atoms with E-state index in [1.54, 1.807) is 24.3 Å². The van der Waals surface area contributed by atoms with Gasteiger partial charge >= 0.3 is 0 Å². The van der Waals surface area contributed by atoms with Crippen LogP contribution in [0.2, 0.25) is 0 Å². The molecular formula is C16H18N2O2. The number of nitrogens with two attached hydrogens (primary N) is 1. The van der Waals surface area contributed by atoms with Crippen molar-refractivity contribution in [2.45, 2.75) is 19.0 Å². The van der Waals surface area contributed by atoms with Crippen LogP contribution in [0.1, 0.15) is 11.1 Å². The summed E-state index contributed by atoms with van der Waals surface area (Å²) < 4.78 is 0. The molecule has 4 nitrogen and oxygen atoms in total. The van der Waals surface area contributed by atoms with E-state index < -0.39 is 6.04 Å². The van der Waals surface area contributed by atoms with Crippen molar-refractivity contribution in [3.8, 4) is 5.75 Å². The molecule has 0 heterocycles. The third kappa shape index (κ3) is 4.10. The average molecular weight is 270 g/mol. The number of carbonyl (C=O) groups is 1. The molecule has 0 fully saturated rings. The molecule has 20 heavy (non-hydrogen) atoms. The van der Waals surface area contributed by atoms with Crippen LogP contribution in [0.4, 0.5) is 0 Å². The number of phenolic OH excluding ortho intramolecular Hbond substituents is 1. The number of phenols is 1. The minimum Gasteiger partial charge on any atom is -0.508 e. The van der Waals surface area contributed by atoms with E-state index in [1.807, 2.05) is 30.3 Å². The molecule has 0 aliphatic heterocycles. The van der Waals surface area contributed by atoms with Crippen LogP contribution in [0.5, 0.6) is 5.75 Å². The van der Waals surface area contributed by atoms with Gasteiger partial charge in [-0.15, -0.1) is 0 Å². The molecule has 4 N–H and O–H groups in total. The van der Waals surface area contributed by atoms with Crippen LogP contribution >= 0.6 is 0 Å². The van der Waals surface area contributed by atoms with Crippen LogP contribution in [-0.4, -0.2) is 17.1 Å². The SMILES string of the molecule is NC(=O)[C@H](Cc1ccc(O)cc1)NCc1ccccc1. The fraction of sp³-hybridized carbons (Fsp3) is 0.188. The molecule has 0 unspecified atom stereocenters. The highest BCUT2D eigenvalue weighted by Crippen LogP contribution is 2.11. The number of benzene rings is 2. The first kappa shape index (κ1) is 14.1. The molecule has 0 spiro atoms.